The standard InChI is InChI=1S/C22H17FN4O3/c1-15-19(14-24-25-21(28)20-8-5-13-29-20)22(30-18-11-9-16(23)10-12-18)27(26-15)17-6-3-2-4-7-17/h2-14H,1H3,(H,25,28)/b24-14-. The molecule has 0 bridgehead atoms. The summed E-state index contributed by atoms with van der Waals surface area (Å²) < 4.78 is 25.9. The average Bonchev–Trinajstić information content (AvgIpc) is 3.40. The van der Waals surface area contributed by atoms with Crippen LogP contribution < -0.4 is 10.2 Å². The van der Waals surface area contributed by atoms with Crippen molar-refractivity contribution in [2.45, 2.75) is 6.92 Å². The molecule has 8 heteroatoms. The summed E-state index contributed by atoms with van der Waals surface area (Å²) in [6.07, 6.45) is 2.85. The molecule has 4 aromatic rings. The van der Waals surface area contributed by atoms with Gasteiger partial charge in [0, 0.05) is 0 Å². The molecule has 0 radical (unpaired) electrons. The van der Waals surface area contributed by atoms with E-state index in [1.54, 1.807) is 17.7 Å². The number of aromatic nitrogens is 2. The Hall–Kier alpha value is -4.20. The minimum Gasteiger partial charge on any atom is -0.459 e. The van der Waals surface area contributed by atoms with Crippen LogP contribution in [0.15, 0.2) is 82.5 Å². The summed E-state index contributed by atoms with van der Waals surface area (Å²) >= 11 is 0. The molecular weight excluding hydrogens is 387 g/mol. The molecule has 7 nitrogen and oxygen atoms in total. The molecule has 0 fully saturated rings. The Morgan fingerprint density at radius 1 is 1.13 bits per heavy atom. The van der Waals surface area contributed by atoms with Crippen LogP contribution in [0.5, 0.6) is 11.6 Å². The van der Waals surface area contributed by atoms with E-state index < -0.39 is 5.91 Å². The molecule has 150 valence electrons. The molecular formula is C22H17FN4O3. The summed E-state index contributed by atoms with van der Waals surface area (Å²) in [5, 5.41) is 8.54. The van der Waals surface area contributed by atoms with Gasteiger partial charge in [-0.2, -0.15) is 14.9 Å². The Balaban J connectivity index is 1.68. The van der Waals surface area contributed by atoms with Crippen molar-refractivity contribution in [2.75, 3.05) is 0 Å². The first-order chi connectivity index (χ1) is 14.6. The van der Waals surface area contributed by atoms with Crippen LogP contribution in [0.3, 0.4) is 0 Å². The predicted octanol–water partition coefficient (Wildman–Crippen LogP) is 4.47. The molecule has 30 heavy (non-hydrogen) atoms. The third-order valence-corrected chi connectivity index (χ3v) is 4.20. The summed E-state index contributed by atoms with van der Waals surface area (Å²) in [5.41, 5.74) is 4.37. The number of carbonyl (C=O) groups excluding carboxylic acids is 1. The highest BCUT2D eigenvalue weighted by molar-refractivity contribution is 5.92. The van der Waals surface area contributed by atoms with Gasteiger partial charge in [-0.05, 0) is 55.5 Å². The van der Waals surface area contributed by atoms with Crippen molar-refractivity contribution in [3.05, 3.63) is 95.8 Å². The zero-order valence-corrected chi connectivity index (χ0v) is 15.9. The fraction of sp³-hybridized carbons (Fsp3) is 0.0455. The van der Waals surface area contributed by atoms with Crippen molar-refractivity contribution in [1.82, 2.24) is 15.2 Å². The van der Waals surface area contributed by atoms with Crippen molar-refractivity contribution in [1.29, 1.82) is 0 Å². The predicted molar refractivity (Wildman–Crippen MR) is 109 cm³/mol. The number of furan rings is 1. The zero-order valence-electron chi connectivity index (χ0n) is 15.9. The number of amides is 1. The van der Waals surface area contributed by atoms with Crippen LogP contribution >= 0.6 is 0 Å². The number of rotatable bonds is 6. The maximum atomic E-state index is 13.3. The fourth-order valence-corrected chi connectivity index (χ4v) is 2.74. The van der Waals surface area contributed by atoms with E-state index in [-0.39, 0.29) is 11.6 Å². The number of hydrogen-bond acceptors (Lipinski definition) is 5. The molecule has 0 unspecified atom stereocenters. The molecule has 1 N–H and O–H groups in total. The number of para-hydroxylation sites is 1. The van der Waals surface area contributed by atoms with E-state index >= 15 is 0 Å². The topological polar surface area (TPSA) is 81.6 Å². The first-order valence-electron chi connectivity index (χ1n) is 9.07. The molecule has 1 amide bonds. The van der Waals surface area contributed by atoms with E-state index in [0.717, 1.165) is 5.69 Å². The smallest absolute Gasteiger partial charge is 0.307 e. The first-order valence-corrected chi connectivity index (χ1v) is 9.07. The van der Waals surface area contributed by atoms with Crippen LogP contribution in [0.2, 0.25) is 0 Å². The van der Waals surface area contributed by atoms with E-state index in [9.17, 15) is 9.18 Å². The highest BCUT2D eigenvalue weighted by Gasteiger charge is 2.18. The van der Waals surface area contributed by atoms with E-state index in [0.29, 0.717) is 22.9 Å². The lowest BCUT2D eigenvalue weighted by atomic mass is 10.2. The molecule has 2 aromatic heterocycles. The van der Waals surface area contributed by atoms with Crippen molar-refractivity contribution in [3.8, 4) is 17.3 Å². The van der Waals surface area contributed by atoms with Crippen molar-refractivity contribution in [2.24, 2.45) is 5.10 Å². The summed E-state index contributed by atoms with van der Waals surface area (Å²) in [4.78, 5) is 12.0. The summed E-state index contributed by atoms with van der Waals surface area (Å²) in [5.74, 6) is 0.110. The molecule has 0 spiro atoms. The molecule has 0 aliphatic heterocycles. The van der Waals surface area contributed by atoms with Gasteiger partial charge in [-0.15, -0.1) is 0 Å². The van der Waals surface area contributed by atoms with E-state index in [1.807, 2.05) is 30.3 Å². The van der Waals surface area contributed by atoms with Gasteiger partial charge < -0.3 is 9.15 Å². The van der Waals surface area contributed by atoms with Gasteiger partial charge in [0.25, 0.3) is 0 Å². The molecule has 0 aliphatic carbocycles. The van der Waals surface area contributed by atoms with Crippen molar-refractivity contribution in [3.63, 3.8) is 0 Å². The Morgan fingerprint density at radius 2 is 1.90 bits per heavy atom. The van der Waals surface area contributed by atoms with Gasteiger partial charge in [-0.25, -0.2) is 9.82 Å². The molecule has 2 aromatic carbocycles. The van der Waals surface area contributed by atoms with E-state index in [2.05, 4.69) is 15.6 Å². The monoisotopic (exact) mass is 404 g/mol. The maximum absolute atomic E-state index is 13.3. The molecule has 2 heterocycles. The Labute approximate surface area is 171 Å². The average molecular weight is 404 g/mol. The Morgan fingerprint density at radius 3 is 2.60 bits per heavy atom. The third kappa shape index (κ3) is 4.12. The highest BCUT2D eigenvalue weighted by Crippen LogP contribution is 2.29. The number of hydrazone groups is 1. The van der Waals surface area contributed by atoms with E-state index in [4.69, 9.17) is 9.15 Å². The number of nitrogens with one attached hydrogen (secondary N) is 1. The normalized spacial score (nSPS) is 11.0. The van der Waals surface area contributed by atoms with Gasteiger partial charge in [0.1, 0.15) is 11.6 Å². The Kier molecular flexibility index (Phi) is 5.38. The van der Waals surface area contributed by atoms with Crippen molar-refractivity contribution < 1.29 is 18.3 Å². The lowest BCUT2D eigenvalue weighted by molar-refractivity contribution is 0.0927. The summed E-state index contributed by atoms with van der Waals surface area (Å²) in [6.45, 7) is 1.80. The SMILES string of the molecule is Cc1nn(-c2ccccc2)c(Oc2ccc(F)cc2)c1/C=N\NC(=O)c1ccco1. The molecule has 0 saturated carbocycles. The number of benzene rings is 2. The molecule has 0 aliphatic rings. The van der Waals surface area contributed by atoms with Crippen LogP contribution in [-0.2, 0) is 0 Å². The molecule has 0 saturated heterocycles. The van der Waals surface area contributed by atoms with Crippen LogP contribution in [0.4, 0.5) is 4.39 Å². The van der Waals surface area contributed by atoms with Crippen LogP contribution in [-0.4, -0.2) is 21.9 Å². The van der Waals surface area contributed by atoms with Gasteiger partial charge in [0.2, 0.25) is 5.88 Å². The van der Waals surface area contributed by atoms with Gasteiger partial charge in [-0.3, -0.25) is 4.79 Å². The minimum atomic E-state index is -0.481. The number of nitrogens with zero attached hydrogens (tertiary/aromatic N) is 3. The lowest BCUT2D eigenvalue weighted by Gasteiger charge is -2.10. The van der Waals surface area contributed by atoms with Crippen LogP contribution in [0.25, 0.3) is 5.69 Å². The molecule has 0 atom stereocenters. The number of halogens is 1. The number of ether oxygens (including phenoxy) is 1. The van der Waals surface area contributed by atoms with Gasteiger partial charge in [0.15, 0.2) is 5.76 Å². The van der Waals surface area contributed by atoms with E-state index in [1.165, 1.54) is 42.8 Å². The second-order valence-electron chi connectivity index (χ2n) is 6.28. The highest BCUT2D eigenvalue weighted by atomic mass is 19.1. The minimum absolute atomic E-state index is 0.145. The third-order valence-electron chi connectivity index (χ3n) is 4.20. The maximum Gasteiger partial charge on any atom is 0.307 e. The number of carbonyl (C=O) groups is 1. The van der Waals surface area contributed by atoms with Gasteiger partial charge in [0.05, 0.1) is 29.4 Å². The van der Waals surface area contributed by atoms with Gasteiger partial charge in [-0.1, -0.05) is 18.2 Å². The number of aryl methyl sites for hydroxylation is 1. The summed E-state index contributed by atoms with van der Waals surface area (Å²) in [6, 6.07) is 18.2. The number of hydrogen-bond donors (Lipinski definition) is 1. The zero-order chi connectivity index (χ0) is 20.9. The quantitative estimate of drug-likeness (QED) is 0.380. The fourth-order valence-electron chi connectivity index (χ4n) is 2.74. The largest absolute Gasteiger partial charge is 0.459 e. The van der Waals surface area contributed by atoms with Gasteiger partial charge >= 0.3 is 5.91 Å². The second kappa shape index (κ2) is 8.44. The van der Waals surface area contributed by atoms with Crippen molar-refractivity contribution >= 4 is 12.1 Å². The van der Waals surface area contributed by atoms with Crippen LogP contribution in [0.1, 0.15) is 21.8 Å². The first kappa shape index (κ1) is 19.1. The molecule has 4 rings (SSSR count). The van der Waals surface area contributed by atoms with Crippen LogP contribution in [0, 0.1) is 12.7 Å². The second-order valence-corrected chi connectivity index (χ2v) is 6.28. The Bertz CT molecular complexity index is 1170. The lowest BCUT2D eigenvalue weighted by Crippen LogP contribution is -2.16. The summed E-state index contributed by atoms with van der Waals surface area (Å²) in [7, 11) is 0.